The van der Waals surface area contributed by atoms with Gasteiger partial charge in [-0.3, -0.25) is 15.3 Å². The predicted molar refractivity (Wildman–Crippen MR) is 146 cm³/mol. The molecule has 4 aromatic heterocycles. The van der Waals surface area contributed by atoms with Crippen LogP contribution < -0.4 is 10.0 Å². The van der Waals surface area contributed by atoms with Gasteiger partial charge >= 0.3 is 6.09 Å². The second-order valence-electron chi connectivity index (χ2n) is 9.50. The van der Waals surface area contributed by atoms with E-state index >= 15 is 0 Å². The lowest BCUT2D eigenvalue weighted by atomic mass is 9.98. The first kappa shape index (κ1) is 26.4. The van der Waals surface area contributed by atoms with Crippen molar-refractivity contribution in [1.29, 1.82) is 0 Å². The molecule has 13 heteroatoms. The smallest absolute Gasteiger partial charge is 0.410 e. The average Bonchev–Trinajstić information content (AvgIpc) is 3.63. The third-order valence-corrected chi connectivity index (χ3v) is 9.53. The third-order valence-electron chi connectivity index (χ3n) is 6.07. The SMILES string of the molecule is CC(C)(O)c1ccnc(-c2nccc3cc(C(NS(=O)(=O)C4CC4)c4nc(NC(=O)O)ccc4Cl)sc23)c1. The molecule has 0 spiro atoms. The first-order valence-electron chi connectivity index (χ1n) is 11.7. The number of nitrogens with one attached hydrogen (secondary N) is 2. The van der Waals surface area contributed by atoms with Crippen molar-refractivity contribution in [2.75, 3.05) is 5.32 Å². The van der Waals surface area contributed by atoms with Gasteiger partial charge in [0.2, 0.25) is 10.0 Å². The molecule has 4 heterocycles. The molecule has 0 radical (unpaired) electrons. The van der Waals surface area contributed by atoms with Gasteiger partial charge in [0.05, 0.1) is 38.0 Å². The Morgan fingerprint density at radius 3 is 2.58 bits per heavy atom. The molecule has 1 aliphatic rings. The first-order valence-corrected chi connectivity index (χ1v) is 14.4. The quantitative estimate of drug-likeness (QED) is 0.232. The summed E-state index contributed by atoms with van der Waals surface area (Å²) in [6.07, 6.45) is 3.06. The van der Waals surface area contributed by atoms with Gasteiger partial charge in [-0.05, 0) is 74.0 Å². The molecule has 38 heavy (non-hydrogen) atoms. The number of halogens is 1. The highest BCUT2D eigenvalue weighted by Gasteiger charge is 2.39. The number of thiophene rings is 1. The largest absolute Gasteiger partial charge is 0.465 e. The molecule has 4 N–H and O–H groups in total. The van der Waals surface area contributed by atoms with Crippen molar-refractivity contribution in [1.82, 2.24) is 19.7 Å². The van der Waals surface area contributed by atoms with E-state index in [4.69, 9.17) is 16.7 Å². The fraction of sp³-hybridized carbons (Fsp3) is 0.280. The Morgan fingerprint density at radius 1 is 1.16 bits per heavy atom. The highest BCUT2D eigenvalue weighted by Crippen LogP contribution is 2.40. The summed E-state index contributed by atoms with van der Waals surface area (Å²) in [5.41, 5.74) is 0.907. The van der Waals surface area contributed by atoms with Crippen LogP contribution in [0.15, 0.2) is 48.8 Å². The maximum absolute atomic E-state index is 13.0. The molecule has 0 saturated heterocycles. The van der Waals surface area contributed by atoms with E-state index in [0.29, 0.717) is 34.7 Å². The number of hydrogen-bond donors (Lipinski definition) is 4. The Kier molecular flexibility index (Phi) is 6.86. The number of carboxylic acid groups (broad SMARTS) is 1. The van der Waals surface area contributed by atoms with Crippen molar-refractivity contribution in [3.8, 4) is 11.4 Å². The van der Waals surface area contributed by atoms with Crippen LogP contribution in [0, 0.1) is 0 Å². The second kappa shape index (κ2) is 9.86. The van der Waals surface area contributed by atoms with Crippen molar-refractivity contribution in [2.24, 2.45) is 0 Å². The Bertz CT molecular complexity index is 1650. The monoisotopic (exact) mass is 573 g/mol. The Hall–Kier alpha value is -3.16. The van der Waals surface area contributed by atoms with E-state index in [0.717, 1.165) is 10.1 Å². The van der Waals surface area contributed by atoms with E-state index in [1.54, 1.807) is 38.4 Å². The van der Waals surface area contributed by atoms with Gasteiger partial charge in [-0.15, -0.1) is 11.3 Å². The number of fused-ring (bicyclic) bond motifs is 1. The number of hydrogen-bond acceptors (Lipinski definition) is 8. The van der Waals surface area contributed by atoms with E-state index in [9.17, 15) is 18.3 Å². The molecule has 1 saturated carbocycles. The molecule has 1 fully saturated rings. The van der Waals surface area contributed by atoms with E-state index in [2.05, 4.69) is 25.0 Å². The fourth-order valence-corrected chi connectivity index (χ4v) is 6.99. The van der Waals surface area contributed by atoms with E-state index in [-0.39, 0.29) is 16.5 Å². The minimum Gasteiger partial charge on any atom is -0.465 e. The lowest BCUT2D eigenvalue weighted by Gasteiger charge is -2.19. The molecule has 1 aliphatic carbocycles. The number of nitrogens with zero attached hydrogens (tertiary/aromatic N) is 3. The molecule has 1 unspecified atom stereocenters. The zero-order valence-corrected chi connectivity index (χ0v) is 22.7. The molecule has 1 amide bonds. The number of rotatable bonds is 8. The van der Waals surface area contributed by atoms with Crippen LogP contribution in [0.1, 0.15) is 48.9 Å². The maximum Gasteiger partial charge on any atom is 0.410 e. The summed E-state index contributed by atoms with van der Waals surface area (Å²) in [5, 5.41) is 22.3. The molecule has 198 valence electrons. The fourth-order valence-electron chi connectivity index (χ4n) is 3.98. The van der Waals surface area contributed by atoms with Gasteiger partial charge in [-0.2, -0.15) is 0 Å². The molecule has 5 rings (SSSR count). The number of aromatic nitrogens is 3. The lowest BCUT2D eigenvalue weighted by Crippen LogP contribution is -2.32. The van der Waals surface area contributed by atoms with E-state index in [1.165, 1.54) is 23.5 Å². The van der Waals surface area contributed by atoms with Crippen LogP contribution in [0.2, 0.25) is 5.02 Å². The van der Waals surface area contributed by atoms with Crippen LogP contribution in [0.25, 0.3) is 21.5 Å². The summed E-state index contributed by atoms with van der Waals surface area (Å²) < 4.78 is 29.6. The molecular formula is C25H24ClN5O5S2. The van der Waals surface area contributed by atoms with Crippen LogP contribution in [-0.4, -0.2) is 44.9 Å². The molecule has 0 aliphatic heterocycles. The minimum absolute atomic E-state index is 0.0172. The molecule has 1 atom stereocenters. The summed E-state index contributed by atoms with van der Waals surface area (Å²) >= 11 is 7.78. The molecular weight excluding hydrogens is 550 g/mol. The highest BCUT2D eigenvalue weighted by atomic mass is 35.5. The summed E-state index contributed by atoms with van der Waals surface area (Å²) in [6.45, 7) is 3.37. The number of anilines is 1. The molecule has 0 aromatic carbocycles. The van der Waals surface area contributed by atoms with Crippen molar-refractivity contribution < 1.29 is 23.4 Å². The number of pyridine rings is 3. The van der Waals surface area contributed by atoms with Gasteiger partial charge in [0, 0.05) is 17.3 Å². The third kappa shape index (κ3) is 5.49. The lowest BCUT2D eigenvalue weighted by molar-refractivity contribution is 0.0785. The summed E-state index contributed by atoms with van der Waals surface area (Å²) in [5.74, 6) is 0.0172. The summed E-state index contributed by atoms with van der Waals surface area (Å²) in [4.78, 5) is 25.1. The summed E-state index contributed by atoms with van der Waals surface area (Å²) in [7, 11) is -3.69. The van der Waals surface area contributed by atoms with Gasteiger partial charge in [0.1, 0.15) is 11.5 Å². The van der Waals surface area contributed by atoms with Gasteiger partial charge in [-0.1, -0.05) is 11.6 Å². The number of sulfonamides is 1. The van der Waals surface area contributed by atoms with Gasteiger partial charge in [0.25, 0.3) is 0 Å². The van der Waals surface area contributed by atoms with Crippen LogP contribution >= 0.6 is 22.9 Å². The second-order valence-corrected chi connectivity index (χ2v) is 13.0. The maximum atomic E-state index is 13.0. The number of carbonyl (C=O) groups is 1. The average molecular weight is 574 g/mol. The molecule has 10 nitrogen and oxygen atoms in total. The first-order chi connectivity index (χ1) is 17.9. The van der Waals surface area contributed by atoms with Crippen LogP contribution in [-0.2, 0) is 15.6 Å². The van der Waals surface area contributed by atoms with Crippen molar-refractivity contribution in [3.05, 3.63) is 69.9 Å². The Balaban J connectivity index is 1.64. The standard InChI is InChI=1S/C25H24ClN5O5S2/c1-25(2,34)14-8-10-27-17(12-14)21-23-13(7-9-28-21)11-18(37-23)22(31-38(35,36)15-3-4-15)20-16(26)5-6-19(29-20)30-24(32)33/h5-12,15,22,31,34H,3-4H2,1-2H3,(H,29,30)(H,32,33). The molecule has 0 bridgehead atoms. The summed E-state index contributed by atoms with van der Waals surface area (Å²) in [6, 6.07) is 9.06. The van der Waals surface area contributed by atoms with Crippen LogP contribution in [0.5, 0.6) is 0 Å². The van der Waals surface area contributed by atoms with Gasteiger partial charge < -0.3 is 10.2 Å². The zero-order valence-electron chi connectivity index (χ0n) is 20.3. The number of aliphatic hydroxyl groups is 1. The van der Waals surface area contributed by atoms with Crippen molar-refractivity contribution >= 4 is 55.0 Å². The van der Waals surface area contributed by atoms with Gasteiger partial charge in [0.15, 0.2) is 0 Å². The minimum atomic E-state index is -3.69. The van der Waals surface area contributed by atoms with Gasteiger partial charge in [-0.25, -0.2) is 22.9 Å². The van der Waals surface area contributed by atoms with Crippen molar-refractivity contribution in [2.45, 2.75) is 43.6 Å². The van der Waals surface area contributed by atoms with Crippen LogP contribution in [0.4, 0.5) is 10.6 Å². The zero-order chi connectivity index (χ0) is 27.2. The Morgan fingerprint density at radius 2 is 1.89 bits per heavy atom. The molecule has 4 aromatic rings. The number of amides is 1. The highest BCUT2D eigenvalue weighted by molar-refractivity contribution is 7.90. The van der Waals surface area contributed by atoms with Crippen molar-refractivity contribution in [3.63, 3.8) is 0 Å². The normalized spacial score (nSPS) is 14.9. The topological polar surface area (TPSA) is 154 Å². The van der Waals surface area contributed by atoms with Crippen LogP contribution in [0.3, 0.4) is 0 Å². The van der Waals surface area contributed by atoms with E-state index < -0.39 is 33.0 Å². The Labute approximate surface area is 227 Å². The predicted octanol–water partition coefficient (Wildman–Crippen LogP) is 4.90. The van der Waals surface area contributed by atoms with E-state index in [1.807, 2.05) is 12.1 Å².